The molecule has 1 aromatic heterocycles. The van der Waals surface area contributed by atoms with Crippen LogP contribution in [0, 0.1) is 0 Å². The number of hydrogen-bond donors (Lipinski definition) is 2. The maximum Gasteiger partial charge on any atom is 0.0625 e. The van der Waals surface area contributed by atoms with Crippen LogP contribution in [0.2, 0.25) is 0 Å². The van der Waals surface area contributed by atoms with Gasteiger partial charge in [0.1, 0.15) is 0 Å². The third-order valence-corrected chi connectivity index (χ3v) is 3.14. The molecular weight excluding hydrogens is 240 g/mol. The van der Waals surface area contributed by atoms with Gasteiger partial charge in [0.05, 0.1) is 18.0 Å². The van der Waals surface area contributed by atoms with Crippen molar-refractivity contribution in [2.45, 2.75) is 46.3 Å². The van der Waals surface area contributed by atoms with Gasteiger partial charge in [0, 0.05) is 39.3 Å². The van der Waals surface area contributed by atoms with E-state index in [1.165, 1.54) is 11.4 Å². The number of aromatic nitrogens is 2. The Kier molecular flexibility index (Phi) is 7.70. The van der Waals surface area contributed by atoms with E-state index in [4.69, 9.17) is 4.74 Å². The lowest BCUT2D eigenvalue weighted by molar-refractivity contribution is 0.198. The molecule has 2 N–H and O–H groups in total. The second-order valence-corrected chi connectivity index (χ2v) is 4.78. The molecule has 0 saturated heterocycles. The molecule has 0 aliphatic heterocycles. The SMILES string of the molecule is CCc1cc(CNC(C)CNCCOC)n(CC)n1. The molecule has 0 aromatic carbocycles. The van der Waals surface area contributed by atoms with Gasteiger partial charge in [0.25, 0.3) is 0 Å². The molecule has 5 heteroatoms. The zero-order valence-corrected chi connectivity index (χ0v) is 12.7. The third-order valence-electron chi connectivity index (χ3n) is 3.14. The zero-order valence-electron chi connectivity index (χ0n) is 12.7. The fourth-order valence-electron chi connectivity index (χ4n) is 1.95. The summed E-state index contributed by atoms with van der Waals surface area (Å²) in [5, 5.41) is 11.4. The van der Waals surface area contributed by atoms with E-state index >= 15 is 0 Å². The molecule has 0 aliphatic rings. The number of methoxy groups -OCH3 is 1. The van der Waals surface area contributed by atoms with Crippen molar-refractivity contribution in [2.24, 2.45) is 0 Å². The summed E-state index contributed by atoms with van der Waals surface area (Å²) in [5.41, 5.74) is 2.44. The second kappa shape index (κ2) is 9.07. The molecule has 0 spiro atoms. The lowest BCUT2D eigenvalue weighted by Crippen LogP contribution is -2.37. The fraction of sp³-hybridized carbons (Fsp3) is 0.786. The van der Waals surface area contributed by atoms with Crippen molar-refractivity contribution in [2.75, 3.05) is 26.8 Å². The summed E-state index contributed by atoms with van der Waals surface area (Å²) in [6.45, 7) is 10.9. The molecule has 1 rings (SSSR count). The Morgan fingerprint density at radius 3 is 2.84 bits per heavy atom. The van der Waals surface area contributed by atoms with Crippen molar-refractivity contribution in [3.63, 3.8) is 0 Å². The Morgan fingerprint density at radius 1 is 1.42 bits per heavy atom. The van der Waals surface area contributed by atoms with E-state index in [0.29, 0.717) is 6.04 Å². The summed E-state index contributed by atoms with van der Waals surface area (Å²) >= 11 is 0. The minimum absolute atomic E-state index is 0.433. The first-order chi connectivity index (χ1) is 9.21. The van der Waals surface area contributed by atoms with Gasteiger partial charge in [0.15, 0.2) is 0 Å². The minimum atomic E-state index is 0.433. The molecule has 1 heterocycles. The van der Waals surface area contributed by atoms with Crippen molar-refractivity contribution in [3.8, 4) is 0 Å². The average molecular weight is 268 g/mol. The highest BCUT2D eigenvalue weighted by molar-refractivity contribution is 5.10. The summed E-state index contributed by atoms with van der Waals surface area (Å²) in [4.78, 5) is 0. The van der Waals surface area contributed by atoms with Crippen molar-refractivity contribution in [3.05, 3.63) is 17.5 Å². The van der Waals surface area contributed by atoms with Crippen LogP contribution in [0.3, 0.4) is 0 Å². The van der Waals surface area contributed by atoms with Crippen molar-refractivity contribution in [1.29, 1.82) is 0 Å². The van der Waals surface area contributed by atoms with Crippen molar-refractivity contribution in [1.82, 2.24) is 20.4 Å². The van der Waals surface area contributed by atoms with Crippen LogP contribution < -0.4 is 10.6 Å². The van der Waals surface area contributed by atoms with Crippen molar-refractivity contribution < 1.29 is 4.74 Å². The van der Waals surface area contributed by atoms with Crippen LogP contribution in [0.1, 0.15) is 32.2 Å². The summed E-state index contributed by atoms with van der Waals surface area (Å²) < 4.78 is 7.08. The minimum Gasteiger partial charge on any atom is -0.383 e. The number of nitrogens with zero attached hydrogens (tertiary/aromatic N) is 2. The highest BCUT2D eigenvalue weighted by Crippen LogP contribution is 2.05. The van der Waals surface area contributed by atoms with Gasteiger partial charge in [-0.2, -0.15) is 5.10 Å². The first-order valence-corrected chi connectivity index (χ1v) is 7.19. The molecule has 1 unspecified atom stereocenters. The molecule has 0 bridgehead atoms. The van der Waals surface area contributed by atoms with E-state index in [1.807, 2.05) is 0 Å². The molecule has 0 radical (unpaired) electrons. The zero-order chi connectivity index (χ0) is 14.1. The maximum absolute atomic E-state index is 5.00. The molecule has 0 aliphatic carbocycles. The first-order valence-electron chi connectivity index (χ1n) is 7.19. The van der Waals surface area contributed by atoms with Gasteiger partial charge in [-0.25, -0.2) is 0 Å². The quantitative estimate of drug-likeness (QED) is 0.626. The predicted octanol–water partition coefficient (Wildman–Crippen LogP) is 1.18. The van der Waals surface area contributed by atoms with Gasteiger partial charge in [-0.1, -0.05) is 6.92 Å². The maximum atomic E-state index is 5.00. The Balaban J connectivity index is 2.32. The number of nitrogens with one attached hydrogen (secondary N) is 2. The summed E-state index contributed by atoms with van der Waals surface area (Å²) in [6.07, 6.45) is 0.994. The topological polar surface area (TPSA) is 51.1 Å². The summed E-state index contributed by atoms with van der Waals surface area (Å²) in [5.74, 6) is 0. The molecule has 1 atom stereocenters. The standard InChI is InChI=1S/C14H28N4O/c1-5-13-9-14(18(6-2)17-13)11-16-12(3)10-15-7-8-19-4/h9,12,15-16H,5-8,10-11H2,1-4H3. The summed E-state index contributed by atoms with van der Waals surface area (Å²) in [7, 11) is 1.72. The van der Waals surface area contributed by atoms with Crippen LogP contribution in [0.15, 0.2) is 6.07 Å². The number of rotatable bonds is 10. The molecule has 1 aromatic rings. The largest absolute Gasteiger partial charge is 0.383 e. The van der Waals surface area contributed by atoms with Gasteiger partial charge in [-0.15, -0.1) is 0 Å². The number of ether oxygens (including phenoxy) is 1. The van der Waals surface area contributed by atoms with Crippen LogP contribution in [-0.2, 0) is 24.2 Å². The molecule has 0 amide bonds. The third kappa shape index (κ3) is 5.72. The molecule has 0 saturated carbocycles. The molecule has 110 valence electrons. The van der Waals surface area contributed by atoms with E-state index < -0.39 is 0 Å². The van der Waals surface area contributed by atoms with E-state index in [0.717, 1.165) is 39.2 Å². The molecule has 19 heavy (non-hydrogen) atoms. The van der Waals surface area contributed by atoms with Crippen molar-refractivity contribution >= 4 is 0 Å². The fourth-order valence-corrected chi connectivity index (χ4v) is 1.95. The smallest absolute Gasteiger partial charge is 0.0625 e. The Labute approximate surface area is 116 Å². The summed E-state index contributed by atoms with van der Waals surface area (Å²) in [6, 6.07) is 2.63. The lowest BCUT2D eigenvalue weighted by Gasteiger charge is -2.15. The van der Waals surface area contributed by atoms with E-state index in [9.17, 15) is 0 Å². The van der Waals surface area contributed by atoms with Gasteiger partial charge in [-0.3, -0.25) is 4.68 Å². The molecule has 0 fully saturated rings. The van der Waals surface area contributed by atoms with E-state index in [2.05, 4.69) is 47.3 Å². The number of aryl methyl sites for hydroxylation is 2. The number of hydrogen-bond acceptors (Lipinski definition) is 4. The van der Waals surface area contributed by atoms with Crippen LogP contribution in [0.25, 0.3) is 0 Å². The van der Waals surface area contributed by atoms with Gasteiger partial charge in [-0.05, 0) is 26.3 Å². The van der Waals surface area contributed by atoms with Gasteiger partial charge >= 0.3 is 0 Å². The molecular formula is C14H28N4O. The van der Waals surface area contributed by atoms with Crippen LogP contribution in [-0.4, -0.2) is 42.6 Å². The van der Waals surface area contributed by atoms with Crippen LogP contribution >= 0.6 is 0 Å². The Hall–Kier alpha value is -0.910. The first kappa shape index (κ1) is 16.1. The predicted molar refractivity (Wildman–Crippen MR) is 78.3 cm³/mol. The van der Waals surface area contributed by atoms with Crippen LogP contribution in [0.5, 0.6) is 0 Å². The van der Waals surface area contributed by atoms with Gasteiger partial charge < -0.3 is 15.4 Å². The van der Waals surface area contributed by atoms with E-state index in [1.54, 1.807) is 7.11 Å². The second-order valence-electron chi connectivity index (χ2n) is 4.78. The highest BCUT2D eigenvalue weighted by Gasteiger charge is 2.07. The Bertz CT molecular complexity index is 351. The average Bonchev–Trinajstić information content (AvgIpc) is 2.84. The Morgan fingerprint density at radius 2 is 2.21 bits per heavy atom. The monoisotopic (exact) mass is 268 g/mol. The normalized spacial score (nSPS) is 12.8. The lowest BCUT2D eigenvalue weighted by atomic mass is 10.2. The molecule has 5 nitrogen and oxygen atoms in total. The van der Waals surface area contributed by atoms with Gasteiger partial charge in [0.2, 0.25) is 0 Å². The van der Waals surface area contributed by atoms with Crippen LogP contribution in [0.4, 0.5) is 0 Å². The van der Waals surface area contributed by atoms with E-state index in [-0.39, 0.29) is 0 Å². The highest BCUT2D eigenvalue weighted by atomic mass is 16.5.